The first kappa shape index (κ1) is 18.3. The van der Waals surface area contributed by atoms with Gasteiger partial charge in [-0.05, 0) is 73.9 Å². The molecule has 0 bridgehead atoms. The summed E-state index contributed by atoms with van der Waals surface area (Å²) in [7, 11) is -3.62. The van der Waals surface area contributed by atoms with Gasteiger partial charge in [-0.1, -0.05) is 6.07 Å². The molecule has 4 rings (SSSR count). The Hall–Kier alpha value is -2.12. The van der Waals surface area contributed by atoms with Crippen molar-refractivity contribution in [3.63, 3.8) is 0 Å². The normalized spacial score (nSPS) is 19.5. The summed E-state index contributed by atoms with van der Waals surface area (Å²) in [4.78, 5) is 4.60. The molecule has 0 radical (unpaired) electrons. The van der Waals surface area contributed by atoms with Crippen molar-refractivity contribution in [1.82, 2.24) is 4.98 Å². The summed E-state index contributed by atoms with van der Waals surface area (Å²) in [5.74, 6) is 0.710. The molecule has 1 aliphatic heterocycles. The number of nitrogens with zero attached hydrogens (tertiary/aromatic N) is 1. The summed E-state index contributed by atoms with van der Waals surface area (Å²) < 4.78 is 33.6. The SMILES string of the molecule is O=S(=O)(Nc1ccc(NCC2CCCO2)nc1)c1ccc2c(c1)CCCC2. The molecule has 0 spiro atoms. The molecule has 0 saturated carbocycles. The molecule has 7 heteroatoms. The van der Waals surface area contributed by atoms with Crippen molar-refractivity contribution in [3.05, 3.63) is 47.7 Å². The summed E-state index contributed by atoms with van der Waals surface area (Å²) in [5.41, 5.74) is 2.87. The number of nitrogens with one attached hydrogen (secondary N) is 2. The van der Waals surface area contributed by atoms with E-state index in [4.69, 9.17) is 4.74 Å². The second-order valence-corrected chi connectivity index (χ2v) is 8.87. The van der Waals surface area contributed by atoms with Gasteiger partial charge in [-0.25, -0.2) is 13.4 Å². The average molecular weight is 388 g/mol. The van der Waals surface area contributed by atoms with Gasteiger partial charge >= 0.3 is 0 Å². The molecule has 144 valence electrons. The van der Waals surface area contributed by atoms with Crippen LogP contribution in [0.1, 0.15) is 36.8 Å². The number of rotatable bonds is 6. The number of hydrogen-bond acceptors (Lipinski definition) is 5. The van der Waals surface area contributed by atoms with Gasteiger partial charge in [0.05, 0.1) is 22.9 Å². The van der Waals surface area contributed by atoms with Crippen LogP contribution in [0.4, 0.5) is 11.5 Å². The van der Waals surface area contributed by atoms with E-state index in [9.17, 15) is 8.42 Å². The van der Waals surface area contributed by atoms with Crippen LogP contribution in [0.3, 0.4) is 0 Å². The van der Waals surface area contributed by atoms with E-state index < -0.39 is 10.0 Å². The number of hydrogen-bond donors (Lipinski definition) is 2. The molecule has 1 atom stereocenters. The van der Waals surface area contributed by atoms with Crippen LogP contribution in [0.5, 0.6) is 0 Å². The third-order valence-electron chi connectivity index (χ3n) is 5.18. The fourth-order valence-electron chi connectivity index (χ4n) is 3.67. The van der Waals surface area contributed by atoms with E-state index in [1.54, 1.807) is 18.2 Å². The maximum Gasteiger partial charge on any atom is 0.261 e. The first-order valence-corrected chi connectivity index (χ1v) is 11.0. The summed E-state index contributed by atoms with van der Waals surface area (Å²) in [5, 5.41) is 3.23. The van der Waals surface area contributed by atoms with E-state index in [1.165, 1.54) is 18.2 Å². The molecule has 1 aromatic carbocycles. The Morgan fingerprint density at radius 1 is 1.07 bits per heavy atom. The smallest absolute Gasteiger partial charge is 0.261 e. The topological polar surface area (TPSA) is 80.3 Å². The van der Waals surface area contributed by atoms with Crippen LogP contribution < -0.4 is 10.0 Å². The zero-order valence-corrected chi connectivity index (χ0v) is 16.1. The van der Waals surface area contributed by atoms with E-state index in [2.05, 4.69) is 15.0 Å². The van der Waals surface area contributed by atoms with Crippen LogP contribution >= 0.6 is 0 Å². The Morgan fingerprint density at radius 3 is 2.67 bits per heavy atom. The number of anilines is 2. The lowest BCUT2D eigenvalue weighted by atomic mass is 9.92. The Balaban J connectivity index is 1.41. The maximum absolute atomic E-state index is 12.7. The zero-order chi connectivity index (χ0) is 18.7. The van der Waals surface area contributed by atoms with Crippen LogP contribution in [-0.4, -0.2) is 32.7 Å². The summed E-state index contributed by atoms with van der Waals surface area (Å²) in [6.07, 6.45) is 8.21. The molecule has 1 unspecified atom stereocenters. The van der Waals surface area contributed by atoms with E-state index in [-0.39, 0.29) is 6.10 Å². The van der Waals surface area contributed by atoms with E-state index in [0.29, 0.717) is 22.9 Å². The number of aryl methyl sites for hydroxylation is 2. The van der Waals surface area contributed by atoms with Gasteiger partial charge in [-0.2, -0.15) is 0 Å². The predicted molar refractivity (Wildman–Crippen MR) is 106 cm³/mol. The van der Waals surface area contributed by atoms with Gasteiger partial charge in [0, 0.05) is 13.2 Å². The number of aromatic nitrogens is 1. The molecular weight excluding hydrogens is 362 g/mol. The van der Waals surface area contributed by atoms with Crippen LogP contribution in [0, 0.1) is 0 Å². The van der Waals surface area contributed by atoms with Crippen molar-refractivity contribution in [1.29, 1.82) is 0 Å². The molecule has 6 nitrogen and oxygen atoms in total. The highest BCUT2D eigenvalue weighted by Crippen LogP contribution is 2.25. The van der Waals surface area contributed by atoms with E-state index >= 15 is 0 Å². The number of ether oxygens (including phenoxy) is 1. The third kappa shape index (κ3) is 4.42. The van der Waals surface area contributed by atoms with E-state index in [0.717, 1.165) is 44.3 Å². The Bertz CT molecular complexity index is 891. The van der Waals surface area contributed by atoms with Gasteiger partial charge in [-0.3, -0.25) is 4.72 Å². The second kappa shape index (κ2) is 7.86. The number of sulfonamides is 1. The van der Waals surface area contributed by atoms with Crippen LogP contribution in [0.15, 0.2) is 41.4 Å². The molecule has 2 heterocycles. The minimum absolute atomic E-state index is 0.231. The Labute approximate surface area is 160 Å². The molecular formula is C20H25N3O3S. The monoisotopic (exact) mass is 387 g/mol. The maximum atomic E-state index is 12.7. The zero-order valence-electron chi connectivity index (χ0n) is 15.3. The van der Waals surface area contributed by atoms with Crippen LogP contribution in [0.2, 0.25) is 0 Å². The first-order chi connectivity index (χ1) is 13.1. The average Bonchev–Trinajstić information content (AvgIpc) is 3.20. The summed E-state index contributed by atoms with van der Waals surface area (Å²) in [6.45, 7) is 1.54. The molecule has 27 heavy (non-hydrogen) atoms. The van der Waals surface area contributed by atoms with Crippen molar-refractivity contribution in [2.45, 2.75) is 49.5 Å². The molecule has 2 aromatic rings. The third-order valence-corrected chi connectivity index (χ3v) is 6.56. The highest BCUT2D eigenvalue weighted by atomic mass is 32.2. The standard InChI is InChI=1S/C20H25N3O3S/c24-27(25,19-9-7-15-4-1-2-5-16(15)12-19)23-17-8-10-20(21-13-17)22-14-18-6-3-11-26-18/h7-10,12-13,18,23H,1-6,11,14H2,(H,21,22). The van der Waals surface area contributed by atoms with Gasteiger partial charge in [0.25, 0.3) is 10.0 Å². The second-order valence-electron chi connectivity index (χ2n) is 7.19. The fourth-order valence-corrected chi connectivity index (χ4v) is 4.77. The number of pyridine rings is 1. The van der Waals surface area contributed by atoms with Crippen LogP contribution in [-0.2, 0) is 27.6 Å². The van der Waals surface area contributed by atoms with Crippen molar-refractivity contribution < 1.29 is 13.2 Å². The lowest BCUT2D eigenvalue weighted by Crippen LogP contribution is -2.19. The van der Waals surface area contributed by atoms with Gasteiger partial charge in [-0.15, -0.1) is 0 Å². The molecule has 2 aliphatic rings. The highest BCUT2D eigenvalue weighted by Gasteiger charge is 2.18. The van der Waals surface area contributed by atoms with Gasteiger partial charge in [0.1, 0.15) is 5.82 Å². The molecule has 1 fully saturated rings. The number of fused-ring (bicyclic) bond motifs is 1. The summed E-state index contributed by atoms with van der Waals surface area (Å²) in [6, 6.07) is 8.94. The first-order valence-electron chi connectivity index (χ1n) is 9.56. The Kier molecular flexibility index (Phi) is 5.31. The minimum Gasteiger partial charge on any atom is -0.376 e. The molecule has 2 N–H and O–H groups in total. The van der Waals surface area contributed by atoms with Gasteiger partial charge in [0.15, 0.2) is 0 Å². The highest BCUT2D eigenvalue weighted by molar-refractivity contribution is 7.92. The minimum atomic E-state index is -3.62. The Morgan fingerprint density at radius 2 is 1.93 bits per heavy atom. The van der Waals surface area contributed by atoms with Crippen molar-refractivity contribution in [2.24, 2.45) is 0 Å². The largest absolute Gasteiger partial charge is 0.376 e. The van der Waals surface area contributed by atoms with Crippen LogP contribution in [0.25, 0.3) is 0 Å². The van der Waals surface area contributed by atoms with Gasteiger partial charge < -0.3 is 10.1 Å². The quantitative estimate of drug-likeness (QED) is 0.794. The van der Waals surface area contributed by atoms with Gasteiger partial charge in [0.2, 0.25) is 0 Å². The van der Waals surface area contributed by atoms with Crippen molar-refractivity contribution in [2.75, 3.05) is 23.2 Å². The lowest BCUT2D eigenvalue weighted by molar-refractivity contribution is 0.120. The van der Waals surface area contributed by atoms with E-state index in [1.807, 2.05) is 12.1 Å². The number of benzene rings is 1. The predicted octanol–water partition coefficient (Wildman–Crippen LogP) is 3.35. The molecule has 0 amide bonds. The molecule has 1 aromatic heterocycles. The van der Waals surface area contributed by atoms with Crippen molar-refractivity contribution >= 4 is 21.5 Å². The molecule has 1 aliphatic carbocycles. The lowest BCUT2D eigenvalue weighted by Gasteiger charge is -2.17. The molecule has 1 saturated heterocycles. The fraction of sp³-hybridized carbons (Fsp3) is 0.450. The van der Waals surface area contributed by atoms with Crippen molar-refractivity contribution in [3.8, 4) is 0 Å². The summed E-state index contributed by atoms with van der Waals surface area (Å²) >= 11 is 0.